The molecular weight excluding hydrogens is 192 g/mol. The lowest BCUT2D eigenvalue weighted by Crippen LogP contribution is -2.47. The fraction of sp³-hybridized carbons (Fsp3) is 0.600. The summed E-state index contributed by atoms with van der Waals surface area (Å²) in [7, 11) is 3.59. The molecule has 0 saturated heterocycles. The zero-order valence-corrected chi connectivity index (χ0v) is 9.88. The number of carbonyl (C=O) groups excluding carboxylic acids is 1. The lowest BCUT2D eigenvalue weighted by Gasteiger charge is -2.21. The van der Waals surface area contributed by atoms with Gasteiger partial charge in [0, 0.05) is 18.8 Å². The smallest absolute Gasteiger partial charge is 0.245 e. The summed E-state index contributed by atoms with van der Waals surface area (Å²) in [6, 6.07) is 1.84. The van der Waals surface area contributed by atoms with Gasteiger partial charge in [0.2, 0.25) is 5.91 Å². The number of aromatic nitrogens is 2. The number of rotatable bonds is 3. The molecule has 1 heterocycles. The maximum absolute atomic E-state index is 11.8. The van der Waals surface area contributed by atoms with E-state index in [9.17, 15) is 4.79 Å². The Morgan fingerprint density at radius 3 is 2.53 bits per heavy atom. The number of hydrogen-bond acceptors (Lipinski definition) is 3. The molecule has 5 nitrogen and oxygen atoms in total. The Morgan fingerprint density at radius 1 is 1.53 bits per heavy atom. The van der Waals surface area contributed by atoms with Crippen LogP contribution in [-0.4, -0.2) is 28.3 Å². The maximum Gasteiger partial charge on any atom is 0.245 e. The minimum absolute atomic E-state index is 0.0944. The molecule has 84 valence electrons. The summed E-state index contributed by atoms with van der Waals surface area (Å²) in [6.07, 6.45) is 0. The van der Waals surface area contributed by atoms with Crippen LogP contribution < -0.4 is 10.6 Å². The molecule has 0 aromatic carbocycles. The average molecular weight is 210 g/mol. The minimum Gasteiger partial charge on any atom is -0.308 e. The van der Waals surface area contributed by atoms with Gasteiger partial charge in [-0.25, -0.2) is 0 Å². The largest absolute Gasteiger partial charge is 0.308 e. The quantitative estimate of drug-likeness (QED) is 0.770. The van der Waals surface area contributed by atoms with Gasteiger partial charge in [-0.3, -0.25) is 9.48 Å². The van der Waals surface area contributed by atoms with Crippen molar-refractivity contribution in [1.82, 2.24) is 15.1 Å². The van der Waals surface area contributed by atoms with Crippen LogP contribution in [-0.2, 0) is 11.8 Å². The Labute approximate surface area is 89.9 Å². The zero-order chi connectivity index (χ0) is 11.6. The molecule has 0 radical (unpaired) electrons. The predicted octanol–water partition coefficient (Wildman–Crippen LogP) is 0.665. The van der Waals surface area contributed by atoms with Crippen LogP contribution in [0.2, 0.25) is 0 Å². The van der Waals surface area contributed by atoms with E-state index < -0.39 is 5.54 Å². The van der Waals surface area contributed by atoms with Crippen molar-refractivity contribution in [3.05, 3.63) is 11.8 Å². The molecule has 1 amide bonds. The molecule has 1 aromatic heterocycles. The molecular formula is C10H18N4O. The Balaban J connectivity index is 2.75. The standard InChI is InChI=1S/C10H18N4O/c1-7-6-8(13-14(7)5)12-9(15)10(2,3)11-4/h6,11H,1-5H3,(H,12,13,15). The van der Waals surface area contributed by atoms with Crippen LogP contribution in [0.3, 0.4) is 0 Å². The van der Waals surface area contributed by atoms with Crippen molar-refractivity contribution in [3.8, 4) is 0 Å². The molecule has 1 aromatic rings. The molecule has 0 bridgehead atoms. The first-order valence-electron chi connectivity index (χ1n) is 4.88. The Hall–Kier alpha value is -1.36. The average Bonchev–Trinajstić information content (AvgIpc) is 2.46. The van der Waals surface area contributed by atoms with E-state index in [1.54, 1.807) is 11.7 Å². The number of anilines is 1. The van der Waals surface area contributed by atoms with Crippen LogP contribution in [0.4, 0.5) is 5.82 Å². The second-order valence-corrected chi connectivity index (χ2v) is 4.12. The number of amides is 1. The molecule has 0 aliphatic rings. The second-order valence-electron chi connectivity index (χ2n) is 4.12. The highest BCUT2D eigenvalue weighted by atomic mass is 16.2. The number of likely N-dealkylation sites (N-methyl/N-ethyl adjacent to an activating group) is 1. The summed E-state index contributed by atoms with van der Waals surface area (Å²) in [5.74, 6) is 0.492. The molecule has 0 atom stereocenters. The summed E-state index contributed by atoms with van der Waals surface area (Å²) in [5, 5.41) is 9.85. The molecule has 0 aliphatic heterocycles. The normalized spacial score (nSPS) is 11.5. The topological polar surface area (TPSA) is 59.0 Å². The van der Waals surface area contributed by atoms with Gasteiger partial charge in [-0.05, 0) is 27.8 Å². The molecule has 1 rings (SSSR count). The van der Waals surface area contributed by atoms with Crippen LogP contribution in [0, 0.1) is 6.92 Å². The number of nitrogens with zero attached hydrogens (tertiary/aromatic N) is 2. The first-order chi connectivity index (χ1) is 6.86. The summed E-state index contributed by atoms with van der Waals surface area (Å²) < 4.78 is 1.72. The van der Waals surface area contributed by atoms with Crippen LogP contribution in [0.15, 0.2) is 6.07 Å². The molecule has 0 spiro atoms. The number of aryl methyl sites for hydroxylation is 2. The van der Waals surface area contributed by atoms with Gasteiger partial charge in [-0.15, -0.1) is 0 Å². The fourth-order valence-electron chi connectivity index (χ4n) is 1.01. The lowest BCUT2D eigenvalue weighted by molar-refractivity contribution is -0.121. The van der Waals surface area contributed by atoms with Gasteiger partial charge < -0.3 is 10.6 Å². The first kappa shape index (κ1) is 11.7. The maximum atomic E-state index is 11.8. The van der Waals surface area contributed by atoms with Gasteiger partial charge in [0.1, 0.15) is 0 Å². The monoisotopic (exact) mass is 210 g/mol. The van der Waals surface area contributed by atoms with E-state index >= 15 is 0 Å². The summed E-state index contributed by atoms with van der Waals surface area (Å²) in [6.45, 7) is 5.57. The van der Waals surface area contributed by atoms with Gasteiger partial charge in [-0.1, -0.05) is 0 Å². The third-order valence-corrected chi connectivity index (χ3v) is 2.55. The summed E-state index contributed by atoms with van der Waals surface area (Å²) in [4.78, 5) is 11.8. The van der Waals surface area contributed by atoms with Crippen molar-refractivity contribution < 1.29 is 4.79 Å². The van der Waals surface area contributed by atoms with Gasteiger partial charge >= 0.3 is 0 Å². The van der Waals surface area contributed by atoms with E-state index in [0.717, 1.165) is 5.69 Å². The van der Waals surface area contributed by atoms with E-state index in [1.165, 1.54) is 0 Å². The molecule has 5 heteroatoms. The van der Waals surface area contributed by atoms with Crippen LogP contribution in [0.5, 0.6) is 0 Å². The molecule has 0 aliphatic carbocycles. The second kappa shape index (κ2) is 4.02. The summed E-state index contributed by atoms with van der Waals surface area (Å²) >= 11 is 0. The van der Waals surface area contributed by atoms with E-state index in [-0.39, 0.29) is 5.91 Å². The van der Waals surface area contributed by atoms with Crippen molar-refractivity contribution in [3.63, 3.8) is 0 Å². The summed E-state index contributed by atoms with van der Waals surface area (Å²) in [5.41, 5.74) is 0.415. The van der Waals surface area contributed by atoms with Crippen LogP contribution in [0.25, 0.3) is 0 Å². The van der Waals surface area contributed by atoms with E-state index in [1.807, 2.05) is 33.9 Å². The third kappa shape index (κ3) is 2.56. The first-order valence-corrected chi connectivity index (χ1v) is 4.88. The van der Waals surface area contributed by atoms with E-state index in [4.69, 9.17) is 0 Å². The van der Waals surface area contributed by atoms with E-state index in [2.05, 4.69) is 15.7 Å². The van der Waals surface area contributed by atoms with Crippen molar-refractivity contribution in [2.75, 3.05) is 12.4 Å². The number of hydrogen-bond donors (Lipinski definition) is 2. The van der Waals surface area contributed by atoms with Crippen molar-refractivity contribution in [1.29, 1.82) is 0 Å². The minimum atomic E-state index is -0.592. The van der Waals surface area contributed by atoms with Gasteiger partial charge in [-0.2, -0.15) is 5.10 Å². The van der Waals surface area contributed by atoms with Crippen molar-refractivity contribution >= 4 is 11.7 Å². The number of carbonyl (C=O) groups is 1. The Morgan fingerprint density at radius 2 is 2.13 bits per heavy atom. The molecule has 0 unspecified atom stereocenters. The molecule has 0 fully saturated rings. The van der Waals surface area contributed by atoms with Gasteiger partial charge in [0.15, 0.2) is 5.82 Å². The zero-order valence-electron chi connectivity index (χ0n) is 9.88. The Kier molecular flexibility index (Phi) is 3.14. The Bertz CT molecular complexity index is 348. The van der Waals surface area contributed by atoms with E-state index in [0.29, 0.717) is 5.82 Å². The highest BCUT2D eigenvalue weighted by Gasteiger charge is 2.25. The highest BCUT2D eigenvalue weighted by Crippen LogP contribution is 2.10. The molecule has 15 heavy (non-hydrogen) atoms. The van der Waals surface area contributed by atoms with Crippen molar-refractivity contribution in [2.24, 2.45) is 7.05 Å². The fourth-order valence-corrected chi connectivity index (χ4v) is 1.01. The van der Waals surface area contributed by atoms with Crippen LogP contribution in [0.1, 0.15) is 19.5 Å². The molecule has 0 saturated carbocycles. The van der Waals surface area contributed by atoms with Crippen LogP contribution >= 0.6 is 0 Å². The SMILES string of the molecule is CNC(C)(C)C(=O)Nc1cc(C)n(C)n1. The van der Waals surface area contributed by atoms with Gasteiger partial charge in [0.25, 0.3) is 0 Å². The highest BCUT2D eigenvalue weighted by molar-refractivity contribution is 5.96. The predicted molar refractivity (Wildman–Crippen MR) is 59.7 cm³/mol. The third-order valence-electron chi connectivity index (χ3n) is 2.55. The van der Waals surface area contributed by atoms with Gasteiger partial charge in [0.05, 0.1) is 5.54 Å². The number of nitrogens with one attached hydrogen (secondary N) is 2. The lowest BCUT2D eigenvalue weighted by atomic mass is 10.1. The van der Waals surface area contributed by atoms with Crippen molar-refractivity contribution in [2.45, 2.75) is 26.3 Å². The molecule has 2 N–H and O–H groups in total.